The van der Waals surface area contributed by atoms with E-state index < -0.39 is 17.5 Å². The monoisotopic (exact) mass is 572 g/mol. The first-order valence-electron chi connectivity index (χ1n) is 13.7. The van der Waals surface area contributed by atoms with Crippen LogP contribution in [0, 0.1) is 25.5 Å². The lowest BCUT2D eigenvalue weighted by molar-refractivity contribution is -0.0586. The van der Waals surface area contributed by atoms with Gasteiger partial charge in [-0.3, -0.25) is 9.59 Å². The number of amides is 2. The summed E-state index contributed by atoms with van der Waals surface area (Å²) in [6.45, 7) is 8.29. The highest BCUT2D eigenvalue weighted by Crippen LogP contribution is 2.38. The highest BCUT2D eigenvalue weighted by atomic mass is 19.1. The highest BCUT2D eigenvalue weighted by Gasteiger charge is 2.28. The van der Waals surface area contributed by atoms with E-state index in [-0.39, 0.29) is 35.8 Å². The van der Waals surface area contributed by atoms with Crippen LogP contribution in [0.2, 0.25) is 0 Å². The lowest BCUT2D eigenvalue weighted by Crippen LogP contribution is -2.48. The largest absolute Gasteiger partial charge is 0.372 e. The van der Waals surface area contributed by atoms with Gasteiger partial charge in [0.25, 0.3) is 5.91 Å². The smallest absolute Gasteiger partial charge is 0.254 e. The van der Waals surface area contributed by atoms with Gasteiger partial charge in [-0.1, -0.05) is 5.16 Å². The fourth-order valence-electron chi connectivity index (χ4n) is 6.12. The van der Waals surface area contributed by atoms with Crippen LogP contribution in [0.25, 0.3) is 32.9 Å². The van der Waals surface area contributed by atoms with Crippen molar-refractivity contribution in [2.75, 3.05) is 13.1 Å². The third kappa shape index (κ3) is 4.71. The van der Waals surface area contributed by atoms with E-state index in [9.17, 15) is 18.4 Å². The van der Waals surface area contributed by atoms with E-state index in [0.717, 1.165) is 18.2 Å². The Morgan fingerprint density at radius 1 is 1.00 bits per heavy atom. The van der Waals surface area contributed by atoms with Crippen LogP contribution in [0.4, 0.5) is 8.78 Å². The summed E-state index contributed by atoms with van der Waals surface area (Å²) in [5, 5.41) is 5.16. The van der Waals surface area contributed by atoms with Crippen LogP contribution >= 0.6 is 0 Å². The summed E-state index contributed by atoms with van der Waals surface area (Å²) in [4.78, 5) is 28.3. The van der Waals surface area contributed by atoms with Crippen LogP contribution in [0.3, 0.4) is 0 Å². The molecule has 6 rings (SSSR count). The van der Waals surface area contributed by atoms with Gasteiger partial charge >= 0.3 is 0 Å². The molecule has 8 nitrogen and oxygen atoms in total. The molecule has 5 aromatic rings. The molecular formula is C32H30F2N4O4. The van der Waals surface area contributed by atoms with Crippen molar-refractivity contribution in [1.29, 1.82) is 0 Å². The zero-order valence-electron chi connectivity index (χ0n) is 23.7. The van der Waals surface area contributed by atoms with Gasteiger partial charge < -0.3 is 24.5 Å². The second-order valence-corrected chi connectivity index (χ2v) is 11.0. The van der Waals surface area contributed by atoms with E-state index >= 15 is 0 Å². The predicted molar refractivity (Wildman–Crippen MR) is 154 cm³/mol. The molecule has 0 bridgehead atoms. The lowest BCUT2D eigenvalue weighted by Gasteiger charge is -2.35. The van der Waals surface area contributed by atoms with Gasteiger partial charge in [0.1, 0.15) is 17.4 Å². The number of benzene rings is 3. The molecule has 2 aromatic heterocycles. The molecule has 2 N–H and O–H groups in total. The molecule has 1 fully saturated rings. The Morgan fingerprint density at radius 3 is 2.40 bits per heavy atom. The fourth-order valence-corrected chi connectivity index (χ4v) is 6.12. The van der Waals surface area contributed by atoms with Gasteiger partial charge in [0.05, 0.1) is 30.0 Å². The summed E-state index contributed by atoms with van der Waals surface area (Å²) in [5.41, 5.74) is 9.91. The second kappa shape index (κ2) is 10.4. The summed E-state index contributed by atoms with van der Waals surface area (Å²) >= 11 is 0. The lowest BCUT2D eigenvalue weighted by atomic mass is 9.97. The van der Waals surface area contributed by atoms with Crippen LogP contribution in [-0.4, -0.2) is 51.7 Å². The molecule has 216 valence electrons. The average Bonchev–Trinajstić information content (AvgIpc) is 3.44. The van der Waals surface area contributed by atoms with E-state index in [1.54, 1.807) is 43.0 Å². The van der Waals surface area contributed by atoms with Crippen molar-refractivity contribution in [3.05, 3.63) is 88.3 Å². The molecular weight excluding hydrogens is 542 g/mol. The van der Waals surface area contributed by atoms with Crippen LogP contribution < -0.4 is 5.73 Å². The molecule has 42 heavy (non-hydrogen) atoms. The van der Waals surface area contributed by atoms with Crippen LogP contribution in [0.1, 0.15) is 51.6 Å². The summed E-state index contributed by atoms with van der Waals surface area (Å²) < 4.78 is 42.0. The van der Waals surface area contributed by atoms with Crippen molar-refractivity contribution in [2.24, 2.45) is 5.73 Å². The molecule has 0 aliphatic carbocycles. The molecule has 3 heterocycles. The number of aryl methyl sites for hydroxylation is 2. The van der Waals surface area contributed by atoms with Crippen molar-refractivity contribution in [3.63, 3.8) is 0 Å². The number of morpholine rings is 1. The predicted octanol–water partition coefficient (Wildman–Crippen LogP) is 5.74. The quantitative estimate of drug-likeness (QED) is 0.289. The van der Waals surface area contributed by atoms with Crippen molar-refractivity contribution in [3.8, 4) is 11.1 Å². The molecule has 0 unspecified atom stereocenters. The Kier molecular flexibility index (Phi) is 6.81. The number of aromatic nitrogens is 2. The van der Waals surface area contributed by atoms with Gasteiger partial charge in [-0.25, -0.2) is 8.78 Å². The number of hydrogen-bond acceptors (Lipinski definition) is 5. The molecule has 1 aliphatic heterocycles. The number of fused-ring (bicyclic) bond motifs is 3. The maximum absolute atomic E-state index is 14.9. The first-order chi connectivity index (χ1) is 20.0. The van der Waals surface area contributed by atoms with Crippen molar-refractivity contribution < 1.29 is 27.6 Å². The Bertz CT molecular complexity index is 1860. The molecule has 1 saturated heterocycles. The minimum atomic E-state index is -0.669. The summed E-state index contributed by atoms with van der Waals surface area (Å²) in [6.07, 6.45) is -0.206. The van der Waals surface area contributed by atoms with Gasteiger partial charge in [-0.05, 0) is 81.8 Å². The van der Waals surface area contributed by atoms with E-state index in [1.165, 1.54) is 0 Å². The van der Waals surface area contributed by atoms with Gasteiger partial charge in [0, 0.05) is 51.6 Å². The first-order valence-corrected chi connectivity index (χ1v) is 13.7. The van der Waals surface area contributed by atoms with Crippen LogP contribution in [-0.2, 0) is 11.3 Å². The molecule has 10 heteroatoms. The maximum atomic E-state index is 14.9. The van der Waals surface area contributed by atoms with E-state index in [0.29, 0.717) is 63.0 Å². The maximum Gasteiger partial charge on any atom is 0.254 e. The minimum Gasteiger partial charge on any atom is -0.372 e. The van der Waals surface area contributed by atoms with Gasteiger partial charge in [-0.2, -0.15) is 0 Å². The number of primary amides is 1. The van der Waals surface area contributed by atoms with Gasteiger partial charge in [-0.15, -0.1) is 0 Å². The normalized spacial score (nSPS) is 17.3. The second-order valence-electron chi connectivity index (χ2n) is 11.0. The molecule has 2 atom stereocenters. The molecule has 1 aliphatic rings. The Hall–Kier alpha value is -4.57. The number of ether oxygens (including phenoxy) is 1. The number of hydrogen-bond donors (Lipinski definition) is 1. The molecule has 0 saturated carbocycles. The average molecular weight is 573 g/mol. The highest BCUT2D eigenvalue weighted by molar-refractivity contribution is 6.20. The van der Waals surface area contributed by atoms with Gasteiger partial charge in [0.2, 0.25) is 5.91 Å². The zero-order chi connectivity index (χ0) is 29.9. The van der Waals surface area contributed by atoms with Crippen molar-refractivity contribution >= 4 is 33.6 Å². The van der Waals surface area contributed by atoms with Crippen molar-refractivity contribution in [1.82, 2.24) is 14.6 Å². The topological polar surface area (TPSA) is 104 Å². The fraction of sp³-hybridized carbons (Fsp3) is 0.281. The Balaban J connectivity index is 1.61. The standard InChI is InChI=1S/C32H30F2N4O4/c1-16-13-37(14-17(2)41-16)32(40)20-5-8-27-24(10-20)30-25(31(35)39)11-21(29-18(3)36-42-19(29)4)12-28(30)38(27)15-22-9-23(33)6-7-26(22)34/h5-12,16-17H,13-15H2,1-4H3,(H2,35,39)/t16-,17+. The first kappa shape index (κ1) is 27.6. The van der Waals surface area contributed by atoms with E-state index in [4.69, 9.17) is 15.0 Å². The summed E-state index contributed by atoms with van der Waals surface area (Å²) in [5.74, 6) is -1.40. The Morgan fingerprint density at radius 2 is 1.74 bits per heavy atom. The van der Waals surface area contributed by atoms with E-state index in [2.05, 4.69) is 5.16 Å². The third-order valence-corrected chi connectivity index (χ3v) is 7.84. The summed E-state index contributed by atoms with van der Waals surface area (Å²) in [7, 11) is 0. The number of carbonyl (C=O) groups is 2. The van der Waals surface area contributed by atoms with Crippen LogP contribution in [0.15, 0.2) is 53.1 Å². The number of rotatable bonds is 5. The summed E-state index contributed by atoms with van der Waals surface area (Å²) in [6, 6.07) is 12.1. The third-order valence-electron chi connectivity index (χ3n) is 7.84. The van der Waals surface area contributed by atoms with Gasteiger partial charge in [0.15, 0.2) is 0 Å². The zero-order valence-corrected chi connectivity index (χ0v) is 23.7. The molecule has 0 radical (unpaired) electrons. The Labute approximate surface area is 240 Å². The SMILES string of the molecule is Cc1noc(C)c1-c1cc(C(N)=O)c2c3cc(C(=O)N4C[C@@H](C)O[C@@H](C)C4)ccc3n(Cc3cc(F)ccc3F)c2c1. The van der Waals surface area contributed by atoms with E-state index in [1.807, 2.05) is 24.5 Å². The molecule has 3 aromatic carbocycles. The minimum absolute atomic E-state index is 0.0291. The number of halogens is 2. The number of nitrogens with zero attached hydrogens (tertiary/aromatic N) is 3. The molecule has 2 amide bonds. The number of carbonyl (C=O) groups excluding carboxylic acids is 2. The van der Waals surface area contributed by atoms with Crippen LogP contribution in [0.5, 0.6) is 0 Å². The molecule has 0 spiro atoms. The van der Waals surface area contributed by atoms with Crippen molar-refractivity contribution in [2.45, 2.75) is 46.4 Å². The number of nitrogens with two attached hydrogens (primary N) is 1.